The SMILES string of the molecule is O=C(NCc1ccccc1)[C@H]1CCCN1C(=O)[C@H]1CCCN1C(=O)c1ccc(Cl)cc1Cl. The molecule has 2 aliphatic rings. The Morgan fingerprint density at radius 1 is 0.906 bits per heavy atom. The van der Waals surface area contributed by atoms with Crippen LogP contribution >= 0.6 is 23.2 Å². The lowest BCUT2D eigenvalue weighted by atomic mass is 10.1. The number of halogens is 2. The average Bonchev–Trinajstić information content (AvgIpc) is 3.47. The van der Waals surface area contributed by atoms with Crippen LogP contribution in [0.2, 0.25) is 10.0 Å². The smallest absolute Gasteiger partial charge is 0.256 e. The predicted octanol–water partition coefficient (Wildman–Crippen LogP) is 3.91. The van der Waals surface area contributed by atoms with Crippen molar-refractivity contribution >= 4 is 40.9 Å². The molecule has 6 nitrogen and oxygen atoms in total. The molecule has 2 aromatic rings. The summed E-state index contributed by atoms with van der Waals surface area (Å²) in [5, 5.41) is 3.66. The second kappa shape index (κ2) is 9.92. The highest BCUT2D eigenvalue weighted by atomic mass is 35.5. The number of rotatable bonds is 5. The molecule has 0 unspecified atom stereocenters. The van der Waals surface area contributed by atoms with Gasteiger partial charge in [-0.15, -0.1) is 0 Å². The van der Waals surface area contributed by atoms with Gasteiger partial charge in [0.2, 0.25) is 11.8 Å². The highest BCUT2D eigenvalue weighted by Gasteiger charge is 2.42. The first-order valence-corrected chi connectivity index (χ1v) is 11.6. The Balaban J connectivity index is 1.44. The molecule has 168 valence electrons. The molecule has 2 aliphatic heterocycles. The summed E-state index contributed by atoms with van der Waals surface area (Å²) in [6.07, 6.45) is 2.69. The molecule has 2 fully saturated rings. The number of carbonyl (C=O) groups is 3. The number of nitrogens with zero attached hydrogens (tertiary/aromatic N) is 2. The number of carbonyl (C=O) groups excluding carboxylic acids is 3. The van der Waals surface area contributed by atoms with Gasteiger partial charge in [-0.3, -0.25) is 14.4 Å². The van der Waals surface area contributed by atoms with Gasteiger partial charge in [-0.2, -0.15) is 0 Å². The van der Waals surface area contributed by atoms with Crippen molar-refractivity contribution in [1.29, 1.82) is 0 Å². The maximum Gasteiger partial charge on any atom is 0.256 e. The van der Waals surface area contributed by atoms with Gasteiger partial charge >= 0.3 is 0 Å². The molecule has 0 saturated carbocycles. The molecule has 2 aromatic carbocycles. The first-order valence-electron chi connectivity index (χ1n) is 10.8. The van der Waals surface area contributed by atoms with E-state index in [-0.39, 0.29) is 22.7 Å². The van der Waals surface area contributed by atoms with Crippen LogP contribution in [0.1, 0.15) is 41.6 Å². The minimum Gasteiger partial charge on any atom is -0.350 e. The van der Waals surface area contributed by atoms with Crippen LogP contribution in [0.5, 0.6) is 0 Å². The lowest BCUT2D eigenvalue weighted by Gasteiger charge is -2.31. The Morgan fingerprint density at radius 3 is 2.31 bits per heavy atom. The van der Waals surface area contributed by atoms with Crippen LogP contribution in [0.25, 0.3) is 0 Å². The molecular formula is C24H25Cl2N3O3. The van der Waals surface area contributed by atoms with Gasteiger partial charge in [-0.25, -0.2) is 0 Å². The van der Waals surface area contributed by atoms with E-state index in [9.17, 15) is 14.4 Å². The van der Waals surface area contributed by atoms with Crippen molar-refractivity contribution in [2.24, 2.45) is 0 Å². The molecule has 4 rings (SSSR count). The second-order valence-electron chi connectivity index (χ2n) is 8.17. The Morgan fingerprint density at radius 2 is 1.59 bits per heavy atom. The fraction of sp³-hybridized carbons (Fsp3) is 0.375. The monoisotopic (exact) mass is 473 g/mol. The summed E-state index contributed by atoms with van der Waals surface area (Å²) < 4.78 is 0. The van der Waals surface area contributed by atoms with Crippen LogP contribution in [0.4, 0.5) is 0 Å². The van der Waals surface area contributed by atoms with E-state index in [4.69, 9.17) is 23.2 Å². The quantitative estimate of drug-likeness (QED) is 0.715. The first kappa shape index (κ1) is 22.6. The van der Waals surface area contributed by atoms with Crippen molar-refractivity contribution in [2.75, 3.05) is 13.1 Å². The van der Waals surface area contributed by atoms with E-state index in [2.05, 4.69) is 5.32 Å². The van der Waals surface area contributed by atoms with Gasteiger partial charge < -0.3 is 15.1 Å². The summed E-state index contributed by atoms with van der Waals surface area (Å²) in [6.45, 7) is 1.41. The number of benzene rings is 2. The molecule has 2 heterocycles. The minimum absolute atomic E-state index is 0.156. The van der Waals surface area contributed by atoms with Gasteiger partial charge in [-0.1, -0.05) is 53.5 Å². The summed E-state index contributed by atoms with van der Waals surface area (Å²) >= 11 is 12.2. The molecule has 32 heavy (non-hydrogen) atoms. The summed E-state index contributed by atoms with van der Waals surface area (Å²) in [7, 11) is 0. The Kier molecular flexibility index (Phi) is 7.01. The zero-order valence-corrected chi connectivity index (χ0v) is 19.1. The van der Waals surface area contributed by atoms with E-state index in [0.717, 1.165) is 18.4 Å². The standard InChI is InChI=1S/C24H25Cl2N3O3/c25-17-10-11-18(19(26)14-17)23(31)29-13-5-9-21(29)24(32)28-12-4-8-20(28)22(30)27-15-16-6-2-1-3-7-16/h1-3,6-7,10-11,14,20-21H,4-5,8-9,12-13,15H2,(H,27,30)/t20-,21-/m1/s1. The highest BCUT2D eigenvalue weighted by molar-refractivity contribution is 6.36. The molecule has 8 heteroatoms. The van der Waals surface area contributed by atoms with Crippen molar-refractivity contribution in [3.63, 3.8) is 0 Å². The van der Waals surface area contributed by atoms with E-state index in [1.54, 1.807) is 21.9 Å². The van der Waals surface area contributed by atoms with Gasteiger partial charge in [0, 0.05) is 24.7 Å². The van der Waals surface area contributed by atoms with Gasteiger partial charge in [0.15, 0.2) is 0 Å². The number of hydrogen-bond donors (Lipinski definition) is 1. The number of likely N-dealkylation sites (tertiary alicyclic amines) is 2. The van der Waals surface area contributed by atoms with Crippen LogP contribution in [0, 0.1) is 0 Å². The van der Waals surface area contributed by atoms with Crippen LogP contribution < -0.4 is 5.32 Å². The fourth-order valence-electron chi connectivity index (χ4n) is 4.48. The number of amides is 3. The van der Waals surface area contributed by atoms with Crippen LogP contribution in [-0.2, 0) is 16.1 Å². The average molecular weight is 474 g/mol. The molecule has 2 atom stereocenters. The Bertz CT molecular complexity index is 1010. The topological polar surface area (TPSA) is 69.7 Å². The molecular weight excluding hydrogens is 449 g/mol. The molecule has 0 radical (unpaired) electrons. The highest BCUT2D eigenvalue weighted by Crippen LogP contribution is 2.29. The third-order valence-corrected chi connectivity index (χ3v) is 6.66. The van der Waals surface area contributed by atoms with E-state index in [1.165, 1.54) is 6.07 Å². The predicted molar refractivity (Wildman–Crippen MR) is 124 cm³/mol. The second-order valence-corrected chi connectivity index (χ2v) is 9.02. The van der Waals surface area contributed by atoms with E-state index in [1.807, 2.05) is 30.3 Å². The molecule has 0 aromatic heterocycles. The van der Waals surface area contributed by atoms with E-state index in [0.29, 0.717) is 43.1 Å². The third-order valence-electron chi connectivity index (χ3n) is 6.11. The van der Waals surface area contributed by atoms with Gasteiger partial charge in [0.1, 0.15) is 12.1 Å². The fourth-order valence-corrected chi connectivity index (χ4v) is 4.97. The van der Waals surface area contributed by atoms with Crippen molar-refractivity contribution in [1.82, 2.24) is 15.1 Å². The summed E-state index contributed by atoms with van der Waals surface area (Å²) in [6, 6.07) is 13.3. The normalized spacial score (nSPS) is 20.4. The summed E-state index contributed by atoms with van der Waals surface area (Å²) in [5.41, 5.74) is 1.33. The maximum atomic E-state index is 13.4. The van der Waals surface area contributed by atoms with Crippen LogP contribution in [-0.4, -0.2) is 52.7 Å². The van der Waals surface area contributed by atoms with E-state index < -0.39 is 12.1 Å². The molecule has 1 N–H and O–H groups in total. The van der Waals surface area contributed by atoms with Crippen molar-refractivity contribution < 1.29 is 14.4 Å². The lowest BCUT2D eigenvalue weighted by molar-refractivity contribution is -0.141. The minimum atomic E-state index is -0.586. The zero-order valence-electron chi connectivity index (χ0n) is 17.6. The van der Waals surface area contributed by atoms with Gasteiger partial charge in [0.25, 0.3) is 5.91 Å². The van der Waals surface area contributed by atoms with E-state index >= 15 is 0 Å². The third kappa shape index (κ3) is 4.76. The summed E-state index contributed by atoms with van der Waals surface area (Å²) in [5.74, 6) is -0.610. The van der Waals surface area contributed by atoms with Crippen molar-refractivity contribution in [3.8, 4) is 0 Å². The molecule has 2 saturated heterocycles. The van der Waals surface area contributed by atoms with Crippen LogP contribution in [0.3, 0.4) is 0 Å². The number of hydrogen-bond acceptors (Lipinski definition) is 3. The molecule has 0 aliphatic carbocycles. The summed E-state index contributed by atoms with van der Waals surface area (Å²) in [4.78, 5) is 42.6. The molecule has 3 amide bonds. The maximum absolute atomic E-state index is 13.4. The molecule has 0 bridgehead atoms. The van der Waals surface area contributed by atoms with Crippen molar-refractivity contribution in [2.45, 2.75) is 44.3 Å². The Hall–Kier alpha value is -2.57. The van der Waals surface area contributed by atoms with Gasteiger partial charge in [-0.05, 0) is 49.4 Å². The van der Waals surface area contributed by atoms with Gasteiger partial charge in [0.05, 0.1) is 10.6 Å². The largest absolute Gasteiger partial charge is 0.350 e. The van der Waals surface area contributed by atoms with Crippen LogP contribution in [0.15, 0.2) is 48.5 Å². The Labute approximate surface area is 197 Å². The number of nitrogens with one attached hydrogen (secondary N) is 1. The zero-order chi connectivity index (χ0) is 22.7. The van der Waals surface area contributed by atoms with Crippen molar-refractivity contribution in [3.05, 3.63) is 69.7 Å². The lowest BCUT2D eigenvalue weighted by Crippen LogP contribution is -2.52. The molecule has 0 spiro atoms. The first-order chi connectivity index (χ1) is 15.5.